The Labute approximate surface area is 164 Å². The predicted molar refractivity (Wildman–Crippen MR) is 118 cm³/mol. The molecule has 0 radical (unpaired) electrons. The summed E-state index contributed by atoms with van der Waals surface area (Å²) in [5, 5.41) is 6.79. The molecule has 28 heavy (non-hydrogen) atoms. The lowest BCUT2D eigenvalue weighted by Gasteiger charge is -2.15. The van der Waals surface area contributed by atoms with E-state index in [1.165, 1.54) is 16.2 Å². The van der Waals surface area contributed by atoms with Crippen molar-refractivity contribution in [3.63, 3.8) is 0 Å². The summed E-state index contributed by atoms with van der Waals surface area (Å²) in [5.41, 5.74) is 3.20. The fraction of sp³-hybridized carbons (Fsp3) is 0. The van der Waals surface area contributed by atoms with E-state index in [-0.39, 0.29) is 0 Å². The molecule has 0 unspecified atom stereocenters. The van der Waals surface area contributed by atoms with Crippen LogP contribution < -0.4 is 0 Å². The number of hydrogen-bond donors (Lipinski definition) is 0. The first-order chi connectivity index (χ1) is 13.8. The van der Waals surface area contributed by atoms with Gasteiger partial charge in [0.2, 0.25) is 0 Å². The lowest BCUT2D eigenvalue weighted by molar-refractivity contribution is 1.62. The average molecular weight is 350 g/mol. The van der Waals surface area contributed by atoms with Gasteiger partial charge in [-0.15, -0.1) is 12.8 Å². The molecule has 5 rings (SSSR count). The van der Waals surface area contributed by atoms with Gasteiger partial charge in [-0.2, -0.15) is 0 Å². The molecule has 0 saturated heterocycles. The molecule has 126 valence electrons. The van der Waals surface area contributed by atoms with E-state index in [1.54, 1.807) is 0 Å². The maximum absolute atomic E-state index is 5.91. The van der Waals surface area contributed by atoms with Crippen molar-refractivity contribution >= 4 is 32.3 Å². The van der Waals surface area contributed by atoms with Gasteiger partial charge in [0.15, 0.2) is 0 Å². The van der Waals surface area contributed by atoms with Crippen LogP contribution in [0.1, 0.15) is 22.3 Å². The zero-order valence-electron chi connectivity index (χ0n) is 15.1. The van der Waals surface area contributed by atoms with Crippen molar-refractivity contribution in [1.82, 2.24) is 0 Å². The van der Waals surface area contributed by atoms with Crippen LogP contribution in [0.5, 0.6) is 0 Å². The second kappa shape index (κ2) is 6.21. The summed E-state index contributed by atoms with van der Waals surface area (Å²) in [6.45, 7) is 0. The topological polar surface area (TPSA) is 0 Å². The van der Waals surface area contributed by atoms with Gasteiger partial charge in [-0.25, -0.2) is 0 Å². The van der Waals surface area contributed by atoms with Crippen LogP contribution in [0.4, 0.5) is 0 Å². The van der Waals surface area contributed by atoms with Gasteiger partial charge in [0.05, 0.1) is 5.56 Å². The minimum Gasteiger partial charge on any atom is -0.115 e. The van der Waals surface area contributed by atoms with Crippen molar-refractivity contribution in [3.8, 4) is 36.5 Å². The zero-order valence-corrected chi connectivity index (χ0v) is 15.1. The van der Waals surface area contributed by atoms with Gasteiger partial charge in [0, 0.05) is 16.7 Å². The first-order valence-electron chi connectivity index (χ1n) is 9.05. The van der Waals surface area contributed by atoms with E-state index >= 15 is 0 Å². The minimum absolute atomic E-state index is 0.691. The van der Waals surface area contributed by atoms with Crippen LogP contribution in [0.15, 0.2) is 72.8 Å². The monoisotopic (exact) mass is 350 g/mol. The van der Waals surface area contributed by atoms with Crippen LogP contribution in [0.25, 0.3) is 32.3 Å². The number of benzene rings is 5. The number of rotatable bonds is 0. The third kappa shape index (κ3) is 2.25. The molecule has 0 heterocycles. The summed E-state index contributed by atoms with van der Waals surface area (Å²) in [7, 11) is 0. The molecular weight excluding hydrogens is 336 g/mol. The molecule has 0 fully saturated rings. The van der Waals surface area contributed by atoms with Gasteiger partial charge in [-0.05, 0) is 44.5 Å². The maximum Gasteiger partial charge on any atom is 0.0568 e. The van der Waals surface area contributed by atoms with Crippen molar-refractivity contribution in [2.24, 2.45) is 0 Å². The summed E-state index contributed by atoms with van der Waals surface area (Å²) in [5.74, 6) is 12.2. The zero-order chi connectivity index (χ0) is 19.1. The Morgan fingerprint density at radius 3 is 1.79 bits per heavy atom. The summed E-state index contributed by atoms with van der Waals surface area (Å²) in [6, 6.07) is 24.7. The van der Waals surface area contributed by atoms with Gasteiger partial charge < -0.3 is 0 Å². The quantitative estimate of drug-likeness (QED) is 0.239. The van der Waals surface area contributed by atoms with Crippen LogP contribution in [0.2, 0.25) is 0 Å². The molecule has 0 aliphatic rings. The van der Waals surface area contributed by atoms with E-state index in [1.807, 2.05) is 30.3 Å². The highest BCUT2D eigenvalue weighted by Gasteiger charge is 2.17. The molecule has 0 amide bonds. The minimum atomic E-state index is 0.691. The third-order valence-corrected chi connectivity index (χ3v) is 5.21. The second-order valence-corrected chi connectivity index (χ2v) is 6.71. The van der Waals surface area contributed by atoms with E-state index in [2.05, 4.69) is 66.1 Å². The summed E-state index contributed by atoms with van der Waals surface area (Å²) in [4.78, 5) is 0. The Kier molecular flexibility index (Phi) is 3.56. The standard InChI is InChI=1S/C28H14/c1-3-22-23(4-2)25-17-14-20-11-8-12-21-15-18-26(28(25)27(20)21)24(22)16-13-19-9-6-5-7-10-19/h1-2,5-12,14-15,17-18H. The molecule has 0 aliphatic carbocycles. The Morgan fingerprint density at radius 1 is 0.500 bits per heavy atom. The normalized spacial score (nSPS) is 10.5. The fourth-order valence-electron chi connectivity index (χ4n) is 3.97. The van der Waals surface area contributed by atoms with E-state index in [9.17, 15) is 0 Å². The van der Waals surface area contributed by atoms with Crippen molar-refractivity contribution in [2.75, 3.05) is 0 Å². The molecule has 5 aromatic carbocycles. The van der Waals surface area contributed by atoms with Crippen LogP contribution in [-0.4, -0.2) is 0 Å². The smallest absolute Gasteiger partial charge is 0.0568 e. The van der Waals surface area contributed by atoms with Gasteiger partial charge in [-0.1, -0.05) is 84.3 Å². The second-order valence-electron chi connectivity index (χ2n) is 6.71. The highest BCUT2D eigenvalue weighted by Crippen LogP contribution is 2.39. The fourth-order valence-corrected chi connectivity index (χ4v) is 3.97. The number of terminal acetylenes is 2. The Bertz CT molecular complexity index is 1490. The SMILES string of the molecule is C#Cc1c(C#C)c2ccc3cccc4ccc(c1C#Cc1ccccc1)c2c34. The first-order valence-corrected chi connectivity index (χ1v) is 9.05. The molecular formula is C28H14. The Hall–Kier alpha value is -4.18. The largest absolute Gasteiger partial charge is 0.115 e. The van der Waals surface area contributed by atoms with Crippen LogP contribution >= 0.6 is 0 Å². The van der Waals surface area contributed by atoms with E-state index < -0.39 is 0 Å². The maximum atomic E-state index is 5.91. The molecule has 0 heteroatoms. The van der Waals surface area contributed by atoms with Crippen LogP contribution in [0.3, 0.4) is 0 Å². The van der Waals surface area contributed by atoms with Crippen LogP contribution in [0, 0.1) is 36.5 Å². The van der Waals surface area contributed by atoms with E-state index in [0.29, 0.717) is 5.56 Å². The molecule has 0 bridgehead atoms. The van der Waals surface area contributed by atoms with Gasteiger partial charge in [-0.3, -0.25) is 0 Å². The van der Waals surface area contributed by atoms with Crippen molar-refractivity contribution in [2.45, 2.75) is 0 Å². The molecule has 0 N–H and O–H groups in total. The van der Waals surface area contributed by atoms with Gasteiger partial charge >= 0.3 is 0 Å². The summed E-state index contributed by atoms with van der Waals surface area (Å²) >= 11 is 0. The molecule has 0 aliphatic heterocycles. The van der Waals surface area contributed by atoms with Gasteiger partial charge in [0.1, 0.15) is 0 Å². The molecule has 0 spiro atoms. The van der Waals surface area contributed by atoms with E-state index in [4.69, 9.17) is 12.8 Å². The van der Waals surface area contributed by atoms with Crippen LogP contribution in [-0.2, 0) is 0 Å². The Balaban J connectivity index is 1.98. The predicted octanol–water partition coefficient (Wildman–Crippen LogP) is 5.95. The first kappa shape index (κ1) is 16.0. The third-order valence-electron chi connectivity index (χ3n) is 5.21. The molecule has 0 atom stereocenters. The molecule has 0 aromatic heterocycles. The van der Waals surface area contributed by atoms with Crippen molar-refractivity contribution in [3.05, 3.63) is 95.1 Å². The lowest BCUT2D eigenvalue weighted by Crippen LogP contribution is -1.96. The highest BCUT2D eigenvalue weighted by molar-refractivity contribution is 6.25. The average Bonchev–Trinajstić information content (AvgIpc) is 2.76. The van der Waals surface area contributed by atoms with Crippen molar-refractivity contribution < 1.29 is 0 Å². The Morgan fingerprint density at radius 2 is 1.14 bits per heavy atom. The number of hydrogen-bond acceptors (Lipinski definition) is 0. The lowest BCUT2D eigenvalue weighted by atomic mass is 9.86. The summed E-state index contributed by atoms with van der Waals surface area (Å²) in [6.07, 6.45) is 11.8. The summed E-state index contributed by atoms with van der Waals surface area (Å²) < 4.78 is 0. The highest BCUT2D eigenvalue weighted by atomic mass is 14.2. The van der Waals surface area contributed by atoms with Crippen molar-refractivity contribution in [1.29, 1.82) is 0 Å². The van der Waals surface area contributed by atoms with Gasteiger partial charge in [0.25, 0.3) is 0 Å². The molecule has 5 aromatic rings. The molecule has 0 saturated carbocycles. The molecule has 0 nitrogen and oxygen atoms in total. The van der Waals surface area contributed by atoms with E-state index in [0.717, 1.165) is 32.8 Å².